The lowest BCUT2D eigenvalue weighted by Gasteiger charge is -2.15. The van der Waals surface area contributed by atoms with Crippen molar-refractivity contribution in [1.29, 1.82) is 0 Å². The Bertz CT molecular complexity index is 958. The number of aryl methyl sites for hydroxylation is 2. The Hall–Kier alpha value is -2.21. The average molecular weight is 385 g/mol. The van der Waals surface area contributed by atoms with Crippen LogP contribution in [0.5, 0.6) is 0 Å². The minimum absolute atomic E-state index is 0.260. The van der Waals surface area contributed by atoms with Gasteiger partial charge in [0.1, 0.15) is 0 Å². The highest BCUT2D eigenvalue weighted by Gasteiger charge is 2.31. The molecule has 1 saturated heterocycles. The van der Waals surface area contributed by atoms with Crippen LogP contribution in [0.1, 0.15) is 36.5 Å². The summed E-state index contributed by atoms with van der Waals surface area (Å²) < 4.78 is 9.71. The van der Waals surface area contributed by atoms with Crippen LogP contribution in [0, 0.1) is 0 Å². The van der Waals surface area contributed by atoms with Crippen molar-refractivity contribution < 1.29 is 14.1 Å². The molecule has 0 unspecified atom stereocenters. The fourth-order valence-electron chi connectivity index (χ4n) is 3.99. The summed E-state index contributed by atoms with van der Waals surface area (Å²) in [5, 5.41) is 1.37. The topological polar surface area (TPSA) is 38.4 Å². The molecule has 0 aliphatic carbocycles. The molecule has 3 heterocycles. The summed E-state index contributed by atoms with van der Waals surface area (Å²) in [5.41, 5.74) is 4.20. The van der Waals surface area contributed by atoms with Gasteiger partial charge in [0.25, 0.3) is 5.82 Å². The summed E-state index contributed by atoms with van der Waals surface area (Å²) in [4.78, 5) is 14.5. The molecule has 27 heavy (non-hydrogen) atoms. The lowest BCUT2D eigenvalue weighted by molar-refractivity contribution is -0.647. The molecule has 142 valence electrons. The third-order valence-corrected chi connectivity index (χ3v) is 6.41. The van der Waals surface area contributed by atoms with Gasteiger partial charge < -0.3 is 9.64 Å². The summed E-state index contributed by atoms with van der Waals surface area (Å²) >= 11 is 1.94. The number of esters is 1. The number of carbonyl (C=O) groups is 1. The quantitative estimate of drug-likeness (QED) is 0.599. The van der Waals surface area contributed by atoms with Crippen LogP contribution in [0.4, 0.5) is 0 Å². The summed E-state index contributed by atoms with van der Waals surface area (Å²) in [5.74, 6) is 2.14. The van der Waals surface area contributed by atoms with Crippen molar-refractivity contribution in [3.63, 3.8) is 0 Å². The number of imidazole rings is 1. The van der Waals surface area contributed by atoms with E-state index in [0.29, 0.717) is 12.2 Å². The van der Waals surface area contributed by atoms with Crippen LogP contribution in [0.25, 0.3) is 16.6 Å². The van der Waals surface area contributed by atoms with Gasteiger partial charge >= 0.3 is 5.97 Å². The zero-order valence-electron chi connectivity index (χ0n) is 16.2. The van der Waals surface area contributed by atoms with E-state index < -0.39 is 0 Å². The molecule has 0 atom stereocenters. The van der Waals surface area contributed by atoms with E-state index >= 15 is 0 Å². The molecule has 1 aromatic heterocycles. The van der Waals surface area contributed by atoms with Crippen LogP contribution in [-0.2, 0) is 18.3 Å². The van der Waals surface area contributed by atoms with E-state index in [9.17, 15) is 4.79 Å². The lowest BCUT2D eigenvalue weighted by atomic mass is 10.2. The summed E-state index contributed by atoms with van der Waals surface area (Å²) in [7, 11) is 2.08. The highest BCUT2D eigenvalue weighted by atomic mass is 32.2. The van der Waals surface area contributed by atoms with Gasteiger partial charge in [-0.15, -0.1) is 11.8 Å². The van der Waals surface area contributed by atoms with Crippen LogP contribution >= 0.6 is 11.8 Å². The third kappa shape index (κ3) is 3.16. The lowest BCUT2D eigenvalue weighted by Crippen LogP contribution is -2.31. The van der Waals surface area contributed by atoms with Gasteiger partial charge in [-0.05, 0) is 38.1 Å². The second-order valence-electron chi connectivity index (χ2n) is 6.83. The average Bonchev–Trinajstić information content (AvgIpc) is 3.37. The Labute approximate surface area is 164 Å². The van der Waals surface area contributed by atoms with Crippen LogP contribution in [0.15, 0.2) is 35.4 Å². The van der Waals surface area contributed by atoms with Crippen LogP contribution < -0.4 is 4.57 Å². The molecular formula is C21H26N3O2S+. The monoisotopic (exact) mass is 384 g/mol. The first-order valence-electron chi connectivity index (χ1n) is 9.62. The van der Waals surface area contributed by atoms with Gasteiger partial charge in [-0.3, -0.25) is 0 Å². The summed E-state index contributed by atoms with van der Waals surface area (Å²) in [6.07, 6.45) is 5.59. The second kappa shape index (κ2) is 7.43. The molecule has 2 aliphatic rings. The van der Waals surface area contributed by atoms with E-state index in [1.807, 2.05) is 36.9 Å². The number of allylic oxidation sites excluding steroid dienone is 3. The Morgan fingerprint density at radius 2 is 2.15 bits per heavy atom. The van der Waals surface area contributed by atoms with E-state index in [-0.39, 0.29) is 5.97 Å². The third-order valence-electron chi connectivity index (χ3n) is 5.34. The van der Waals surface area contributed by atoms with Gasteiger partial charge in [0.05, 0.1) is 30.8 Å². The van der Waals surface area contributed by atoms with Crippen LogP contribution in [-0.4, -0.2) is 40.9 Å². The van der Waals surface area contributed by atoms with Crippen LogP contribution in [0.3, 0.4) is 0 Å². The molecule has 0 spiro atoms. The standard InChI is InChI=1S/C21H26N3O2S/c1-4-23-12-13-27-19(23)9-7-15-10-11-24-17-8-6-16(21(25)26-5-2)14-18(17)22(3)20(15)24/h6-9,14H,4-5,10-13H2,1-3H3/q+1. The molecule has 5 nitrogen and oxygen atoms in total. The van der Waals surface area contributed by atoms with E-state index in [0.717, 1.165) is 31.6 Å². The predicted octanol–water partition coefficient (Wildman–Crippen LogP) is 3.34. The highest BCUT2D eigenvalue weighted by molar-refractivity contribution is 8.03. The number of hydrogen-bond acceptors (Lipinski definition) is 4. The maximum atomic E-state index is 12.1. The van der Waals surface area contributed by atoms with Crippen molar-refractivity contribution in [1.82, 2.24) is 9.47 Å². The predicted molar refractivity (Wildman–Crippen MR) is 109 cm³/mol. The molecule has 0 N–H and O–H groups in total. The first-order chi connectivity index (χ1) is 13.1. The van der Waals surface area contributed by atoms with Gasteiger partial charge in [0, 0.05) is 36.9 Å². The Morgan fingerprint density at radius 3 is 2.93 bits per heavy atom. The molecule has 1 fully saturated rings. The van der Waals surface area contributed by atoms with Crippen molar-refractivity contribution >= 4 is 34.3 Å². The molecule has 1 aromatic carbocycles. The molecule has 0 bridgehead atoms. The largest absolute Gasteiger partial charge is 0.462 e. The van der Waals surface area contributed by atoms with Gasteiger partial charge in [0.2, 0.25) is 0 Å². The van der Waals surface area contributed by atoms with Crippen molar-refractivity contribution in [2.45, 2.75) is 26.8 Å². The number of hydrogen-bond donors (Lipinski definition) is 0. The fourth-order valence-corrected chi connectivity index (χ4v) is 5.08. The minimum Gasteiger partial charge on any atom is -0.462 e. The van der Waals surface area contributed by atoms with Gasteiger partial charge in [-0.2, -0.15) is 0 Å². The highest BCUT2D eigenvalue weighted by Crippen LogP contribution is 2.32. The van der Waals surface area contributed by atoms with E-state index in [1.54, 1.807) is 0 Å². The van der Waals surface area contributed by atoms with Crippen LogP contribution in [0.2, 0.25) is 0 Å². The number of aromatic nitrogens is 2. The van der Waals surface area contributed by atoms with Crippen molar-refractivity contribution in [2.24, 2.45) is 7.05 Å². The van der Waals surface area contributed by atoms with Gasteiger partial charge in [0.15, 0.2) is 11.0 Å². The van der Waals surface area contributed by atoms with E-state index in [2.05, 4.69) is 40.2 Å². The second-order valence-corrected chi connectivity index (χ2v) is 7.95. The van der Waals surface area contributed by atoms with Gasteiger partial charge in [-0.25, -0.2) is 13.9 Å². The number of rotatable bonds is 4. The summed E-state index contributed by atoms with van der Waals surface area (Å²) in [6.45, 7) is 7.61. The maximum absolute atomic E-state index is 12.1. The number of carbonyl (C=O) groups excluding carboxylic acids is 1. The first-order valence-corrected chi connectivity index (χ1v) is 10.6. The number of fused-ring (bicyclic) bond motifs is 3. The normalized spacial score (nSPS) is 19.4. The van der Waals surface area contributed by atoms with E-state index in [1.165, 1.54) is 27.7 Å². The smallest absolute Gasteiger partial charge is 0.338 e. The number of thioether (sulfide) groups is 1. The Kier molecular flexibility index (Phi) is 5.00. The number of benzene rings is 1. The molecule has 0 amide bonds. The Morgan fingerprint density at radius 1 is 1.30 bits per heavy atom. The molecular weight excluding hydrogens is 358 g/mol. The number of nitrogens with zero attached hydrogens (tertiary/aromatic N) is 3. The fraction of sp³-hybridized carbons (Fsp3) is 0.429. The minimum atomic E-state index is -0.260. The molecule has 2 aromatic rings. The number of ether oxygens (including phenoxy) is 1. The molecule has 4 rings (SSSR count). The molecule has 0 radical (unpaired) electrons. The van der Waals surface area contributed by atoms with Crippen molar-refractivity contribution in [3.05, 3.63) is 46.8 Å². The Balaban J connectivity index is 1.72. The van der Waals surface area contributed by atoms with Crippen molar-refractivity contribution in [2.75, 3.05) is 25.4 Å². The van der Waals surface area contributed by atoms with Crippen molar-refractivity contribution in [3.8, 4) is 0 Å². The maximum Gasteiger partial charge on any atom is 0.338 e. The molecule has 0 saturated carbocycles. The zero-order chi connectivity index (χ0) is 19.0. The molecule has 2 aliphatic heterocycles. The molecule has 6 heteroatoms. The zero-order valence-corrected chi connectivity index (χ0v) is 17.0. The van der Waals surface area contributed by atoms with E-state index in [4.69, 9.17) is 4.74 Å². The first kappa shape index (κ1) is 18.2. The summed E-state index contributed by atoms with van der Waals surface area (Å²) in [6, 6.07) is 5.85. The van der Waals surface area contributed by atoms with Gasteiger partial charge in [-0.1, -0.05) is 0 Å². The SMILES string of the molecule is CCOC(=O)c1ccc2c(c1)[n+](C)c1n2CCC1=CC=C1SCCN1CC.